The molecule has 2 N–H and O–H groups in total. The van der Waals surface area contributed by atoms with E-state index < -0.39 is 0 Å². The third-order valence-electron chi connectivity index (χ3n) is 6.24. The number of amides is 1. The molecular formula is C23H37ClN4O2. The summed E-state index contributed by atoms with van der Waals surface area (Å²) in [4.78, 5) is 17.7. The summed E-state index contributed by atoms with van der Waals surface area (Å²) in [7, 11) is 1.65. The summed E-state index contributed by atoms with van der Waals surface area (Å²) in [6.07, 6.45) is 4.42. The van der Waals surface area contributed by atoms with Gasteiger partial charge in [0, 0.05) is 43.9 Å². The number of hydrogen-bond donors (Lipinski definition) is 2. The van der Waals surface area contributed by atoms with E-state index in [4.69, 9.17) is 16.3 Å². The van der Waals surface area contributed by atoms with Crippen molar-refractivity contribution in [2.45, 2.75) is 57.3 Å². The smallest absolute Gasteiger partial charge is 0.237 e. The summed E-state index contributed by atoms with van der Waals surface area (Å²) in [5, 5.41) is 7.64. The van der Waals surface area contributed by atoms with Crippen LogP contribution in [0.25, 0.3) is 0 Å². The van der Waals surface area contributed by atoms with Gasteiger partial charge in [-0.05, 0) is 56.9 Å². The highest BCUT2D eigenvalue weighted by Gasteiger charge is 2.37. The highest BCUT2D eigenvalue weighted by atomic mass is 35.5. The van der Waals surface area contributed by atoms with Crippen LogP contribution in [0.15, 0.2) is 24.3 Å². The second-order valence-corrected chi connectivity index (χ2v) is 8.94. The van der Waals surface area contributed by atoms with Gasteiger partial charge in [0.25, 0.3) is 0 Å². The number of likely N-dealkylation sites (tertiary alicyclic amines) is 2. The number of nitrogens with zero attached hydrogens (tertiary/aromatic N) is 2. The zero-order valence-corrected chi connectivity index (χ0v) is 19.2. The highest BCUT2D eigenvalue weighted by molar-refractivity contribution is 6.31. The van der Waals surface area contributed by atoms with E-state index in [1.54, 1.807) is 7.11 Å². The van der Waals surface area contributed by atoms with Crippen LogP contribution in [0, 0.1) is 0 Å². The zero-order valence-electron chi connectivity index (χ0n) is 18.4. The van der Waals surface area contributed by atoms with Crippen molar-refractivity contribution in [3.63, 3.8) is 0 Å². The monoisotopic (exact) mass is 436 g/mol. The van der Waals surface area contributed by atoms with Crippen molar-refractivity contribution in [2.75, 3.05) is 46.4 Å². The molecule has 2 atom stereocenters. The second kappa shape index (κ2) is 12.0. The van der Waals surface area contributed by atoms with Gasteiger partial charge in [-0.2, -0.15) is 0 Å². The molecule has 2 heterocycles. The van der Waals surface area contributed by atoms with Crippen LogP contribution < -0.4 is 10.6 Å². The Labute approximate surface area is 186 Å². The fraction of sp³-hybridized carbons (Fsp3) is 0.696. The molecule has 0 bridgehead atoms. The first-order chi connectivity index (χ1) is 14.6. The number of halogens is 1. The normalized spacial score (nSPS) is 23.7. The lowest BCUT2D eigenvalue weighted by Gasteiger charge is -2.33. The van der Waals surface area contributed by atoms with E-state index in [0.717, 1.165) is 23.6 Å². The number of hydrogen-bond acceptors (Lipinski definition) is 5. The van der Waals surface area contributed by atoms with E-state index in [2.05, 4.69) is 27.4 Å². The van der Waals surface area contributed by atoms with Crippen molar-refractivity contribution in [2.24, 2.45) is 0 Å². The maximum absolute atomic E-state index is 12.9. The zero-order chi connectivity index (χ0) is 21.3. The van der Waals surface area contributed by atoms with Gasteiger partial charge in [-0.15, -0.1) is 0 Å². The molecule has 1 amide bonds. The lowest BCUT2D eigenvalue weighted by atomic mass is 10.0. The van der Waals surface area contributed by atoms with Crippen LogP contribution in [0.3, 0.4) is 0 Å². The molecule has 3 rings (SSSR count). The molecule has 1 aromatic rings. The van der Waals surface area contributed by atoms with E-state index in [-0.39, 0.29) is 11.9 Å². The highest BCUT2D eigenvalue weighted by Crippen LogP contribution is 2.25. The Morgan fingerprint density at radius 2 is 2.00 bits per heavy atom. The van der Waals surface area contributed by atoms with Crippen molar-refractivity contribution in [3.05, 3.63) is 34.9 Å². The van der Waals surface area contributed by atoms with Gasteiger partial charge < -0.3 is 20.3 Å². The van der Waals surface area contributed by atoms with E-state index >= 15 is 0 Å². The number of nitrogens with one attached hydrogen (secondary N) is 2. The third kappa shape index (κ3) is 6.66. The fourth-order valence-electron chi connectivity index (χ4n) is 4.68. The van der Waals surface area contributed by atoms with Crippen molar-refractivity contribution in [3.8, 4) is 0 Å². The Morgan fingerprint density at radius 3 is 2.70 bits per heavy atom. The minimum Gasteiger partial charge on any atom is -0.383 e. The number of ether oxygens (including phenoxy) is 1. The molecule has 0 unspecified atom stereocenters. The molecule has 2 aliphatic rings. The minimum absolute atomic E-state index is 0.0844. The Kier molecular flexibility index (Phi) is 9.40. The third-order valence-corrected chi connectivity index (χ3v) is 6.61. The van der Waals surface area contributed by atoms with Crippen LogP contribution in [0.5, 0.6) is 0 Å². The second-order valence-electron chi connectivity index (χ2n) is 8.54. The van der Waals surface area contributed by atoms with Gasteiger partial charge in [-0.1, -0.05) is 36.7 Å². The van der Waals surface area contributed by atoms with Crippen LogP contribution in [0.4, 0.5) is 0 Å². The maximum atomic E-state index is 12.9. The van der Waals surface area contributed by atoms with Crippen molar-refractivity contribution in [1.29, 1.82) is 0 Å². The topological polar surface area (TPSA) is 56.8 Å². The number of rotatable bonds is 10. The van der Waals surface area contributed by atoms with E-state index in [0.29, 0.717) is 31.8 Å². The van der Waals surface area contributed by atoms with E-state index in [1.165, 1.54) is 38.9 Å². The van der Waals surface area contributed by atoms with E-state index in [9.17, 15) is 4.79 Å². The lowest BCUT2D eigenvalue weighted by molar-refractivity contribution is -0.125. The first-order valence-electron chi connectivity index (χ1n) is 11.3. The molecule has 0 spiro atoms. The quantitative estimate of drug-likeness (QED) is 0.552. The SMILES string of the molecule is CCCN1CCC(N[C@H]2C[C@@H](C(=O)NCCOC)N(Cc3ccccc3Cl)C2)CC1. The Balaban J connectivity index is 1.59. The first kappa shape index (κ1) is 23.5. The van der Waals surface area contributed by atoms with Crippen molar-refractivity contribution in [1.82, 2.24) is 20.4 Å². The first-order valence-corrected chi connectivity index (χ1v) is 11.7. The summed E-state index contributed by atoms with van der Waals surface area (Å²) in [6, 6.07) is 8.64. The predicted octanol–water partition coefficient (Wildman–Crippen LogP) is 2.51. The molecule has 0 radical (unpaired) electrons. The number of piperidine rings is 1. The summed E-state index contributed by atoms with van der Waals surface area (Å²) < 4.78 is 5.08. The molecule has 6 nitrogen and oxygen atoms in total. The number of carbonyl (C=O) groups excluding carboxylic acids is 1. The average Bonchev–Trinajstić information content (AvgIpc) is 3.14. The maximum Gasteiger partial charge on any atom is 0.237 e. The standard InChI is InChI=1S/C23H37ClN4O2/c1-3-11-27-12-8-19(9-13-27)26-20-15-22(23(29)25-10-14-30-2)28(17-20)16-18-6-4-5-7-21(18)24/h4-7,19-20,22,26H,3,8-17H2,1-2H3,(H,25,29)/t20-,22-/m0/s1. The minimum atomic E-state index is -0.143. The van der Waals surface area contributed by atoms with Crippen LogP contribution in [-0.2, 0) is 16.1 Å². The molecule has 0 aromatic heterocycles. The van der Waals surface area contributed by atoms with Gasteiger partial charge >= 0.3 is 0 Å². The molecular weight excluding hydrogens is 400 g/mol. The Morgan fingerprint density at radius 1 is 1.23 bits per heavy atom. The fourth-order valence-corrected chi connectivity index (χ4v) is 4.88. The molecule has 0 saturated carbocycles. The largest absolute Gasteiger partial charge is 0.383 e. The summed E-state index contributed by atoms with van der Waals surface area (Å²) in [5.74, 6) is 0.0844. The van der Waals surface area contributed by atoms with Gasteiger partial charge in [0.1, 0.15) is 0 Å². The van der Waals surface area contributed by atoms with Crippen molar-refractivity contribution < 1.29 is 9.53 Å². The molecule has 0 aliphatic carbocycles. The average molecular weight is 437 g/mol. The molecule has 30 heavy (non-hydrogen) atoms. The summed E-state index contributed by atoms with van der Waals surface area (Å²) >= 11 is 6.40. The molecule has 2 saturated heterocycles. The number of benzene rings is 1. The van der Waals surface area contributed by atoms with Crippen LogP contribution in [0.1, 0.15) is 38.2 Å². The Bertz CT molecular complexity index is 666. The molecule has 168 valence electrons. The van der Waals surface area contributed by atoms with Crippen LogP contribution in [0.2, 0.25) is 5.02 Å². The van der Waals surface area contributed by atoms with Gasteiger partial charge in [0.05, 0.1) is 12.6 Å². The molecule has 2 fully saturated rings. The summed E-state index contributed by atoms with van der Waals surface area (Å²) in [6.45, 7) is 8.41. The van der Waals surface area contributed by atoms with E-state index in [1.807, 2.05) is 24.3 Å². The van der Waals surface area contributed by atoms with Crippen molar-refractivity contribution >= 4 is 17.5 Å². The van der Waals surface area contributed by atoms with Crippen LogP contribution >= 0.6 is 11.6 Å². The van der Waals surface area contributed by atoms with Crippen LogP contribution in [-0.4, -0.2) is 80.3 Å². The Hall–Kier alpha value is -1.18. The van der Waals surface area contributed by atoms with Gasteiger partial charge in [0.15, 0.2) is 0 Å². The number of carbonyl (C=O) groups is 1. The van der Waals surface area contributed by atoms with Gasteiger partial charge in [-0.25, -0.2) is 0 Å². The molecule has 7 heteroatoms. The summed E-state index contributed by atoms with van der Waals surface area (Å²) in [5.41, 5.74) is 1.07. The van der Waals surface area contributed by atoms with Gasteiger partial charge in [-0.3, -0.25) is 9.69 Å². The molecule has 1 aromatic carbocycles. The predicted molar refractivity (Wildman–Crippen MR) is 122 cm³/mol. The number of methoxy groups -OCH3 is 1. The molecule has 2 aliphatic heterocycles. The van der Waals surface area contributed by atoms with Gasteiger partial charge in [0.2, 0.25) is 5.91 Å². The lowest BCUT2D eigenvalue weighted by Crippen LogP contribution is -2.47.